The third-order valence-electron chi connectivity index (χ3n) is 2.76. The van der Waals surface area contributed by atoms with Crippen LogP contribution in [-0.2, 0) is 6.42 Å². The van der Waals surface area contributed by atoms with E-state index in [2.05, 4.69) is 19.9 Å². The monoisotopic (exact) mass is 255 g/mol. The molecule has 0 saturated carbocycles. The molecule has 0 aliphatic carbocycles. The molecule has 1 atom stereocenters. The Morgan fingerprint density at radius 1 is 1.35 bits per heavy atom. The lowest BCUT2D eigenvalue weighted by molar-refractivity contribution is 0.315. The number of nitrogens with two attached hydrogens (primary N) is 1. The van der Waals surface area contributed by atoms with Gasteiger partial charge in [0.15, 0.2) is 0 Å². The Hall–Kier alpha value is -0.730. The Morgan fingerprint density at radius 3 is 2.59 bits per heavy atom. The average Bonchev–Trinajstić information content (AvgIpc) is 2.28. The first-order valence-corrected chi connectivity index (χ1v) is 6.63. The van der Waals surface area contributed by atoms with Crippen LogP contribution in [-0.4, -0.2) is 12.6 Å². The molecule has 2 nitrogen and oxygen atoms in total. The highest BCUT2D eigenvalue weighted by Gasteiger charge is 2.09. The highest BCUT2D eigenvalue weighted by molar-refractivity contribution is 6.32. The van der Waals surface area contributed by atoms with Crippen molar-refractivity contribution in [2.45, 2.75) is 46.1 Å². The molecule has 0 spiro atoms. The lowest BCUT2D eigenvalue weighted by atomic mass is 10.0. The van der Waals surface area contributed by atoms with Gasteiger partial charge in [0.1, 0.15) is 5.75 Å². The van der Waals surface area contributed by atoms with Gasteiger partial charge in [-0.15, -0.1) is 0 Å². The van der Waals surface area contributed by atoms with E-state index in [4.69, 9.17) is 22.1 Å². The standard InChI is InChI=1S/C14H22ClNO/c1-4-6-17-14-10(3)7-11(9-13(14)15)8-12(16)5-2/h7,9,12H,4-6,8,16H2,1-3H3. The Bertz CT molecular complexity index is 342. The molecule has 0 aliphatic rings. The van der Waals surface area contributed by atoms with Crippen LogP contribution in [0.3, 0.4) is 0 Å². The predicted molar refractivity (Wildman–Crippen MR) is 73.9 cm³/mol. The van der Waals surface area contributed by atoms with E-state index in [0.717, 1.165) is 30.6 Å². The van der Waals surface area contributed by atoms with Crippen molar-refractivity contribution >= 4 is 11.6 Å². The van der Waals surface area contributed by atoms with Crippen molar-refractivity contribution in [3.8, 4) is 5.75 Å². The van der Waals surface area contributed by atoms with Gasteiger partial charge in [-0.2, -0.15) is 0 Å². The molecule has 1 aromatic rings. The molecule has 0 bridgehead atoms. The molecule has 1 unspecified atom stereocenters. The molecule has 0 aliphatic heterocycles. The quantitative estimate of drug-likeness (QED) is 0.841. The van der Waals surface area contributed by atoms with Crippen molar-refractivity contribution in [1.29, 1.82) is 0 Å². The van der Waals surface area contributed by atoms with Crippen LogP contribution in [0.15, 0.2) is 12.1 Å². The van der Waals surface area contributed by atoms with Crippen LogP contribution >= 0.6 is 11.6 Å². The third kappa shape index (κ3) is 4.21. The molecule has 0 heterocycles. The molecule has 0 saturated heterocycles. The lowest BCUT2D eigenvalue weighted by Gasteiger charge is -2.14. The number of hydrogen-bond donors (Lipinski definition) is 1. The van der Waals surface area contributed by atoms with E-state index in [0.29, 0.717) is 11.6 Å². The maximum absolute atomic E-state index is 6.23. The van der Waals surface area contributed by atoms with Gasteiger partial charge in [0, 0.05) is 6.04 Å². The van der Waals surface area contributed by atoms with Gasteiger partial charge in [0.05, 0.1) is 11.6 Å². The summed E-state index contributed by atoms with van der Waals surface area (Å²) in [6, 6.07) is 4.29. The zero-order valence-corrected chi connectivity index (χ0v) is 11.7. The maximum atomic E-state index is 6.23. The first-order chi connectivity index (χ1) is 8.08. The Morgan fingerprint density at radius 2 is 2.06 bits per heavy atom. The van der Waals surface area contributed by atoms with Crippen molar-refractivity contribution in [3.63, 3.8) is 0 Å². The fourth-order valence-corrected chi connectivity index (χ4v) is 2.10. The molecule has 1 rings (SSSR count). The number of halogens is 1. The fourth-order valence-electron chi connectivity index (χ4n) is 1.75. The van der Waals surface area contributed by atoms with Gasteiger partial charge in [-0.3, -0.25) is 0 Å². The molecule has 0 amide bonds. The van der Waals surface area contributed by atoms with Crippen molar-refractivity contribution in [2.75, 3.05) is 6.61 Å². The van der Waals surface area contributed by atoms with E-state index >= 15 is 0 Å². The predicted octanol–water partition coefficient (Wildman–Crippen LogP) is 3.72. The second kappa shape index (κ2) is 6.87. The molecular weight excluding hydrogens is 234 g/mol. The van der Waals surface area contributed by atoms with Gasteiger partial charge < -0.3 is 10.5 Å². The molecule has 1 aromatic carbocycles. The first-order valence-electron chi connectivity index (χ1n) is 6.25. The summed E-state index contributed by atoms with van der Waals surface area (Å²) in [4.78, 5) is 0. The minimum absolute atomic E-state index is 0.202. The van der Waals surface area contributed by atoms with E-state index in [1.54, 1.807) is 0 Å². The highest BCUT2D eigenvalue weighted by atomic mass is 35.5. The summed E-state index contributed by atoms with van der Waals surface area (Å²) >= 11 is 6.23. The van der Waals surface area contributed by atoms with Crippen molar-refractivity contribution in [3.05, 3.63) is 28.3 Å². The van der Waals surface area contributed by atoms with Crippen LogP contribution in [0.25, 0.3) is 0 Å². The second-order valence-corrected chi connectivity index (χ2v) is 4.85. The minimum Gasteiger partial charge on any atom is -0.492 e. The second-order valence-electron chi connectivity index (χ2n) is 4.44. The molecular formula is C14H22ClNO. The van der Waals surface area contributed by atoms with Gasteiger partial charge in [-0.1, -0.05) is 31.5 Å². The van der Waals surface area contributed by atoms with Crippen molar-refractivity contribution in [2.24, 2.45) is 5.73 Å². The van der Waals surface area contributed by atoms with Gasteiger partial charge >= 0.3 is 0 Å². The van der Waals surface area contributed by atoms with E-state index in [1.807, 2.05) is 13.0 Å². The lowest BCUT2D eigenvalue weighted by Crippen LogP contribution is -2.21. The van der Waals surface area contributed by atoms with Gasteiger partial charge in [0.25, 0.3) is 0 Å². The van der Waals surface area contributed by atoms with Crippen LogP contribution in [0.5, 0.6) is 5.75 Å². The molecule has 17 heavy (non-hydrogen) atoms. The zero-order chi connectivity index (χ0) is 12.8. The Labute approximate surface area is 109 Å². The van der Waals surface area contributed by atoms with Crippen molar-refractivity contribution in [1.82, 2.24) is 0 Å². The van der Waals surface area contributed by atoms with Gasteiger partial charge in [-0.25, -0.2) is 0 Å². The molecule has 0 radical (unpaired) electrons. The van der Waals surface area contributed by atoms with Crippen LogP contribution < -0.4 is 10.5 Å². The molecule has 0 aromatic heterocycles. The first kappa shape index (κ1) is 14.3. The summed E-state index contributed by atoms with van der Waals surface area (Å²) in [6.45, 7) is 6.90. The topological polar surface area (TPSA) is 35.2 Å². The maximum Gasteiger partial charge on any atom is 0.140 e. The van der Waals surface area contributed by atoms with Gasteiger partial charge in [-0.05, 0) is 43.4 Å². The average molecular weight is 256 g/mol. The summed E-state index contributed by atoms with van der Waals surface area (Å²) < 4.78 is 5.64. The van der Waals surface area contributed by atoms with E-state index in [1.165, 1.54) is 5.56 Å². The van der Waals surface area contributed by atoms with Crippen LogP contribution in [0.4, 0.5) is 0 Å². The van der Waals surface area contributed by atoms with Gasteiger partial charge in [0.2, 0.25) is 0 Å². The summed E-state index contributed by atoms with van der Waals surface area (Å²) in [6.07, 6.45) is 2.83. The number of ether oxygens (including phenoxy) is 1. The van der Waals surface area contributed by atoms with E-state index in [-0.39, 0.29) is 6.04 Å². The molecule has 96 valence electrons. The largest absolute Gasteiger partial charge is 0.492 e. The van der Waals surface area contributed by atoms with Crippen LogP contribution in [0.1, 0.15) is 37.8 Å². The number of aryl methyl sites for hydroxylation is 1. The van der Waals surface area contributed by atoms with Crippen LogP contribution in [0.2, 0.25) is 5.02 Å². The van der Waals surface area contributed by atoms with E-state index < -0.39 is 0 Å². The molecule has 2 N–H and O–H groups in total. The zero-order valence-electron chi connectivity index (χ0n) is 10.9. The highest BCUT2D eigenvalue weighted by Crippen LogP contribution is 2.30. The summed E-state index contributed by atoms with van der Waals surface area (Å²) in [5.41, 5.74) is 8.22. The molecule has 3 heteroatoms. The molecule has 0 fully saturated rings. The summed E-state index contributed by atoms with van der Waals surface area (Å²) in [5, 5.41) is 0.691. The number of hydrogen-bond acceptors (Lipinski definition) is 2. The summed E-state index contributed by atoms with van der Waals surface area (Å²) in [7, 11) is 0. The number of benzene rings is 1. The van der Waals surface area contributed by atoms with Crippen LogP contribution in [0, 0.1) is 6.92 Å². The summed E-state index contributed by atoms with van der Waals surface area (Å²) in [5.74, 6) is 0.808. The smallest absolute Gasteiger partial charge is 0.140 e. The Balaban J connectivity index is 2.85. The fraction of sp³-hybridized carbons (Fsp3) is 0.571. The normalized spacial score (nSPS) is 12.5. The van der Waals surface area contributed by atoms with Crippen molar-refractivity contribution < 1.29 is 4.74 Å². The third-order valence-corrected chi connectivity index (χ3v) is 3.04. The van der Waals surface area contributed by atoms with E-state index in [9.17, 15) is 0 Å². The number of rotatable bonds is 6. The minimum atomic E-state index is 0.202. The Kier molecular flexibility index (Phi) is 5.79. The SMILES string of the molecule is CCCOc1c(C)cc(CC(N)CC)cc1Cl.